The molecule has 0 spiro atoms. The van der Waals surface area contributed by atoms with Gasteiger partial charge in [0.05, 0.1) is 27.9 Å². The van der Waals surface area contributed by atoms with Crippen LogP contribution in [-0.2, 0) is 20.4 Å². The van der Waals surface area contributed by atoms with E-state index in [-0.39, 0.29) is 11.8 Å². The van der Waals surface area contributed by atoms with Crippen molar-refractivity contribution in [2.75, 3.05) is 10.2 Å². The number of pyridine rings is 3. The molecule has 1 saturated carbocycles. The van der Waals surface area contributed by atoms with Crippen molar-refractivity contribution in [1.29, 1.82) is 0 Å². The highest BCUT2D eigenvalue weighted by atomic mass is 16.2. The van der Waals surface area contributed by atoms with E-state index >= 15 is 0 Å². The van der Waals surface area contributed by atoms with E-state index in [1.54, 1.807) is 24.8 Å². The minimum atomic E-state index is -0.523. The number of carbonyl (C=O) groups excluding carboxylic acids is 2. The van der Waals surface area contributed by atoms with Gasteiger partial charge in [0.1, 0.15) is 5.82 Å². The molecule has 1 N–H and O–H groups in total. The van der Waals surface area contributed by atoms with E-state index in [4.69, 9.17) is 0 Å². The van der Waals surface area contributed by atoms with Crippen LogP contribution >= 0.6 is 0 Å². The zero-order chi connectivity index (χ0) is 29.1. The highest BCUT2D eigenvalue weighted by Gasteiger charge is 2.49. The van der Waals surface area contributed by atoms with Crippen molar-refractivity contribution >= 4 is 23.2 Å². The van der Waals surface area contributed by atoms with Gasteiger partial charge in [-0.3, -0.25) is 24.5 Å². The molecule has 0 unspecified atom stereocenters. The van der Waals surface area contributed by atoms with Crippen LogP contribution in [0.5, 0.6) is 0 Å². The van der Waals surface area contributed by atoms with Gasteiger partial charge < -0.3 is 10.2 Å². The van der Waals surface area contributed by atoms with Gasteiger partial charge in [0.15, 0.2) is 0 Å². The molecule has 0 saturated heterocycles. The zero-order valence-corrected chi connectivity index (χ0v) is 24.2. The fourth-order valence-corrected chi connectivity index (χ4v) is 5.35. The molecule has 2 aliphatic heterocycles. The van der Waals surface area contributed by atoms with E-state index < -0.39 is 10.8 Å². The van der Waals surface area contributed by atoms with Crippen molar-refractivity contribution in [3.63, 3.8) is 0 Å². The highest BCUT2D eigenvalue weighted by Crippen LogP contribution is 2.47. The largest absolute Gasteiger partial charge is 0.325 e. The molecule has 0 radical (unpaired) electrons. The Bertz CT molecular complexity index is 1690. The van der Waals surface area contributed by atoms with E-state index in [2.05, 4.69) is 36.3 Å². The van der Waals surface area contributed by atoms with Gasteiger partial charge in [-0.05, 0) is 78.6 Å². The Hall–Kier alpha value is -4.53. The molecular formula is C32H33N7O2. The van der Waals surface area contributed by atoms with Gasteiger partial charge in [-0.2, -0.15) is 0 Å². The average molecular weight is 548 g/mol. The zero-order valence-electron chi connectivity index (χ0n) is 24.2. The van der Waals surface area contributed by atoms with Gasteiger partial charge in [-0.25, -0.2) is 9.97 Å². The quantitative estimate of drug-likeness (QED) is 0.369. The summed E-state index contributed by atoms with van der Waals surface area (Å²) in [7, 11) is 0. The maximum absolute atomic E-state index is 12.8. The Balaban J connectivity index is 0.000000149. The SMILES string of the molecule is Cc1cc(-c2cc3c(cn2)C(C)(C)C(=O)N3C2CC2)ccn1.Cc1ncc(-c2cc3c(cn2)C(C)(C)C(=O)N3)cn1. The number of anilines is 2. The van der Waals surface area contributed by atoms with Gasteiger partial charge in [0.25, 0.3) is 0 Å². The number of rotatable bonds is 3. The minimum Gasteiger partial charge on any atom is -0.325 e. The van der Waals surface area contributed by atoms with Crippen molar-refractivity contribution in [2.45, 2.75) is 71.3 Å². The summed E-state index contributed by atoms with van der Waals surface area (Å²) in [5.74, 6) is 0.927. The summed E-state index contributed by atoms with van der Waals surface area (Å²) in [6.45, 7) is 11.6. The molecule has 7 rings (SSSR count). The van der Waals surface area contributed by atoms with Gasteiger partial charge in [-0.15, -0.1) is 0 Å². The van der Waals surface area contributed by atoms with E-state index in [0.717, 1.165) is 69.4 Å². The maximum atomic E-state index is 12.8. The van der Waals surface area contributed by atoms with E-state index in [0.29, 0.717) is 6.04 Å². The second-order valence-electron chi connectivity index (χ2n) is 12.0. The van der Waals surface area contributed by atoms with Gasteiger partial charge in [-0.1, -0.05) is 0 Å². The lowest BCUT2D eigenvalue weighted by Gasteiger charge is -2.19. The first-order valence-corrected chi connectivity index (χ1v) is 13.8. The second kappa shape index (κ2) is 9.54. The third-order valence-corrected chi connectivity index (χ3v) is 8.14. The first-order chi connectivity index (χ1) is 19.5. The molecule has 41 heavy (non-hydrogen) atoms. The summed E-state index contributed by atoms with van der Waals surface area (Å²) in [6, 6.07) is 8.30. The Morgan fingerprint density at radius 3 is 2.10 bits per heavy atom. The molecule has 6 heterocycles. The lowest BCUT2D eigenvalue weighted by Crippen LogP contribution is -2.37. The topological polar surface area (TPSA) is 114 Å². The predicted molar refractivity (Wildman–Crippen MR) is 157 cm³/mol. The van der Waals surface area contributed by atoms with Crippen molar-refractivity contribution in [1.82, 2.24) is 24.9 Å². The van der Waals surface area contributed by atoms with Crippen LogP contribution in [0.25, 0.3) is 22.5 Å². The lowest BCUT2D eigenvalue weighted by atomic mass is 9.87. The summed E-state index contributed by atoms with van der Waals surface area (Å²) in [5, 5.41) is 2.89. The van der Waals surface area contributed by atoms with Crippen molar-refractivity contribution in [3.8, 4) is 22.5 Å². The fraction of sp³-hybridized carbons (Fsp3) is 0.344. The first kappa shape index (κ1) is 26.7. The highest BCUT2D eigenvalue weighted by molar-refractivity contribution is 6.08. The standard InChI is InChI=1S/C18H19N3O.C14H14N4O/c1-11-8-12(6-7-19-11)15-9-16-14(10-20-15)18(2,3)17(22)21(16)13-4-5-13;1-8-15-5-9(6-16-8)11-4-12-10(7-17-11)14(2,3)13(19)18-12/h6-10,13H,4-5H2,1-3H3;4-7H,1-3H3,(H,18,19). The molecule has 208 valence electrons. The molecule has 1 aliphatic carbocycles. The summed E-state index contributed by atoms with van der Waals surface area (Å²) in [5.41, 5.74) is 7.34. The molecule has 9 heteroatoms. The molecule has 4 aromatic heterocycles. The Morgan fingerprint density at radius 1 is 0.780 bits per heavy atom. The normalized spacial score (nSPS) is 17.9. The third kappa shape index (κ3) is 4.65. The van der Waals surface area contributed by atoms with E-state index in [1.807, 2.05) is 70.8 Å². The van der Waals surface area contributed by atoms with Crippen LogP contribution in [-0.4, -0.2) is 42.8 Å². The van der Waals surface area contributed by atoms with Crippen LogP contribution in [0.1, 0.15) is 63.2 Å². The molecule has 2 amide bonds. The lowest BCUT2D eigenvalue weighted by molar-refractivity contribution is -0.122. The average Bonchev–Trinajstić information content (AvgIpc) is 3.72. The minimum absolute atomic E-state index is 0.00149. The van der Waals surface area contributed by atoms with Crippen molar-refractivity contribution < 1.29 is 9.59 Å². The molecule has 0 aromatic carbocycles. The molecular weight excluding hydrogens is 514 g/mol. The van der Waals surface area contributed by atoms with Gasteiger partial charge >= 0.3 is 0 Å². The van der Waals surface area contributed by atoms with Crippen molar-refractivity contribution in [3.05, 3.63) is 77.9 Å². The number of nitrogens with zero attached hydrogens (tertiary/aromatic N) is 6. The predicted octanol–water partition coefficient (Wildman–Crippen LogP) is 5.32. The monoisotopic (exact) mass is 547 g/mol. The maximum Gasteiger partial charge on any atom is 0.237 e. The second-order valence-corrected chi connectivity index (χ2v) is 12.0. The number of nitrogens with one attached hydrogen (secondary N) is 1. The van der Waals surface area contributed by atoms with Crippen LogP contribution < -0.4 is 10.2 Å². The smallest absolute Gasteiger partial charge is 0.237 e. The molecule has 0 atom stereocenters. The Kier molecular flexibility index (Phi) is 6.21. The summed E-state index contributed by atoms with van der Waals surface area (Å²) >= 11 is 0. The number of aryl methyl sites for hydroxylation is 2. The van der Waals surface area contributed by atoms with Crippen LogP contribution in [0.3, 0.4) is 0 Å². The first-order valence-electron chi connectivity index (χ1n) is 13.8. The fourth-order valence-electron chi connectivity index (χ4n) is 5.35. The Morgan fingerprint density at radius 2 is 1.44 bits per heavy atom. The summed E-state index contributed by atoms with van der Waals surface area (Å²) in [4.78, 5) is 48.2. The van der Waals surface area contributed by atoms with E-state index in [9.17, 15) is 9.59 Å². The number of hydrogen-bond acceptors (Lipinski definition) is 7. The third-order valence-electron chi connectivity index (χ3n) is 8.14. The van der Waals surface area contributed by atoms with Crippen LogP contribution in [0.2, 0.25) is 0 Å². The number of amides is 2. The van der Waals surface area contributed by atoms with Crippen LogP contribution in [0.15, 0.2) is 55.2 Å². The summed E-state index contributed by atoms with van der Waals surface area (Å²) in [6.07, 6.45) is 11.1. The molecule has 9 nitrogen and oxygen atoms in total. The Labute approximate surface area is 239 Å². The van der Waals surface area contributed by atoms with Crippen molar-refractivity contribution in [2.24, 2.45) is 0 Å². The van der Waals surface area contributed by atoms with E-state index in [1.165, 1.54) is 0 Å². The molecule has 3 aliphatic rings. The number of fused-ring (bicyclic) bond motifs is 2. The molecule has 1 fully saturated rings. The van der Waals surface area contributed by atoms with Gasteiger partial charge in [0.2, 0.25) is 11.8 Å². The van der Waals surface area contributed by atoms with Crippen LogP contribution in [0, 0.1) is 13.8 Å². The molecule has 0 bridgehead atoms. The van der Waals surface area contributed by atoms with Crippen LogP contribution in [0.4, 0.5) is 11.4 Å². The number of carbonyl (C=O) groups is 2. The summed E-state index contributed by atoms with van der Waals surface area (Å²) < 4.78 is 0. The number of hydrogen-bond donors (Lipinski definition) is 1. The molecule has 4 aromatic rings. The van der Waals surface area contributed by atoms with Gasteiger partial charge in [0, 0.05) is 70.7 Å². The number of aromatic nitrogens is 5.